The Morgan fingerprint density at radius 3 is 2.25 bits per heavy atom. The highest BCUT2D eigenvalue weighted by molar-refractivity contribution is 5.21. The van der Waals surface area contributed by atoms with Gasteiger partial charge in [-0.1, -0.05) is 13.8 Å². The van der Waals surface area contributed by atoms with Crippen molar-refractivity contribution < 1.29 is 10.2 Å². The third-order valence-electron chi connectivity index (χ3n) is 3.96. The number of fused-ring (bicyclic) bond motifs is 2. The summed E-state index contributed by atoms with van der Waals surface area (Å²) in [7, 11) is 0. The van der Waals surface area contributed by atoms with Crippen molar-refractivity contribution in [1.29, 1.82) is 0 Å². The Kier molecular flexibility index (Phi) is 1.45. The second-order valence-electron chi connectivity index (χ2n) is 5.08. The van der Waals surface area contributed by atoms with Gasteiger partial charge in [0.05, 0.1) is 11.7 Å². The molecular weight excluding hydrogens is 152 g/mol. The van der Waals surface area contributed by atoms with Crippen molar-refractivity contribution in [2.24, 2.45) is 17.3 Å². The van der Waals surface area contributed by atoms with Crippen molar-refractivity contribution >= 4 is 0 Å². The maximum atomic E-state index is 10.0. The quantitative estimate of drug-likeness (QED) is 0.567. The van der Waals surface area contributed by atoms with Crippen LogP contribution in [0.5, 0.6) is 0 Å². The van der Waals surface area contributed by atoms with E-state index in [4.69, 9.17) is 0 Å². The zero-order chi connectivity index (χ0) is 9.15. The summed E-state index contributed by atoms with van der Waals surface area (Å²) in [5, 5.41) is 19.6. The van der Waals surface area contributed by atoms with Crippen LogP contribution in [0.1, 0.15) is 27.2 Å². The zero-order valence-electron chi connectivity index (χ0n) is 7.91. The van der Waals surface area contributed by atoms with Crippen molar-refractivity contribution in [3.05, 3.63) is 6.42 Å². The molecule has 0 aromatic carbocycles. The fraction of sp³-hybridized carbons (Fsp3) is 0.900. The highest BCUT2D eigenvalue weighted by atomic mass is 16.3. The van der Waals surface area contributed by atoms with E-state index in [9.17, 15) is 10.2 Å². The van der Waals surface area contributed by atoms with E-state index in [1.165, 1.54) is 0 Å². The number of aliphatic hydroxyl groups excluding tert-OH is 1. The molecule has 0 aliphatic heterocycles. The molecule has 0 amide bonds. The molecule has 3 saturated carbocycles. The van der Waals surface area contributed by atoms with E-state index in [1.54, 1.807) is 6.92 Å². The van der Waals surface area contributed by atoms with E-state index >= 15 is 0 Å². The molecular formula is C10H17O2. The Labute approximate surface area is 73.6 Å². The fourth-order valence-electron chi connectivity index (χ4n) is 2.86. The molecule has 3 rings (SSSR count). The molecule has 2 N–H and O–H groups in total. The van der Waals surface area contributed by atoms with Gasteiger partial charge >= 0.3 is 0 Å². The number of rotatable bonds is 0. The van der Waals surface area contributed by atoms with Crippen molar-refractivity contribution in [3.63, 3.8) is 0 Å². The summed E-state index contributed by atoms with van der Waals surface area (Å²) < 4.78 is 0. The van der Waals surface area contributed by atoms with Crippen LogP contribution in [0.25, 0.3) is 0 Å². The van der Waals surface area contributed by atoms with Gasteiger partial charge in [0.2, 0.25) is 0 Å². The molecule has 69 valence electrons. The largest absolute Gasteiger partial charge is 0.390 e. The molecule has 0 saturated heterocycles. The van der Waals surface area contributed by atoms with E-state index < -0.39 is 11.7 Å². The maximum absolute atomic E-state index is 10.0. The highest BCUT2D eigenvalue weighted by Crippen LogP contribution is 2.61. The summed E-state index contributed by atoms with van der Waals surface area (Å²) in [4.78, 5) is 0. The first-order chi connectivity index (χ1) is 5.37. The molecule has 0 aromatic heterocycles. The van der Waals surface area contributed by atoms with Crippen LogP contribution in [-0.2, 0) is 0 Å². The first kappa shape index (κ1) is 8.52. The minimum absolute atomic E-state index is 0.166. The van der Waals surface area contributed by atoms with Crippen LogP contribution in [0.4, 0.5) is 0 Å². The molecule has 3 fully saturated rings. The van der Waals surface area contributed by atoms with Crippen molar-refractivity contribution in [3.8, 4) is 0 Å². The molecule has 12 heavy (non-hydrogen) atoms. The Bertz CT molecular complexity index is 208. The van der Waals surface area contributed by atoms with Gasteiger partial charge in [0.15, 0.2) is 0 Å². The summed E-state index contributed by atoms with van der Waals surface area (Å²) in [6.45, 7) is 6.08. The molecule has 2 heteroatoms. The summed E-state index contributed by atoms with van der Waals surface area (Å²) in [6.07, 6.45) is 2.37. The lowest BCUT2D eigenvalue weighted by Crippen LogP contribution is -2.66. The normalized spacial score (nSPS) is 56.2. The van der Waals surface area contributed by atoms with Gasteiger partial charge in [0, 0.05) is 0 Å². The van der Waals surface area contributed by atoms with Crippen LogP contribution in [-0.4, -0.2) is 21.9 Å². The number of aliphatic hydroxyl groups is 2. The van der Waals surface area contributed by atoms with Crippen LogP contribution in [0.2, 0.25) is 0 Å². The van der Waals surface area contributed by atoms with E-state index in [0.717, 1.165) is 6.42 Å². The smallest absolute Gasteiger partial charge is 0.0913 e. The lowest BCUT2D eigenvalue weighted by molar-refractivity contribution is -0.211. The average molecular weight is 169 g/mol. The van der Waals surface area contributed by atoms with E-state index in [2.05, 4.69) is 20.3 Å². The van der Waals surface area contributed by atoms with Gasteiger partial charge in [0.1, 0.15) is 0 Å². The van der Waals surface area contributed by atoms with Gasteiger partial charge in [-0.2, -0.15) is 0 Å². The van der Waals surface area contributed by atoms with E-state index in [-0.39, 0.29) is 11.3 Å². The topological polar surface area (TPSA) is 40.5 Å². The monoisotopic (exact) mass is 169 g/mol. The molecule has 4 atom stereocenters. The lowest BCUT2D eigenvalue weighted by Gasteiger charge is -2.63. The predicted octanol–water partition coefficient (Wildman–Crippen LogP) is 0.978. The Morgan fingerprint density at radius 1 is 1.33 bits per heavy atom. The summed E-state index contributed by atoms with van der Waals surface area (Å²) in [6, 6.07) is 0. The first-order valence-corrected chi connectivity index (χ1v) is 4.62. The van der Waals surface area contributed by atoms with Gasteiger partial charge in [-0.3, -0.25) is 0 Å². The Balaban J connectivity index is 2.27. The van der Waals surface area contributed by atoms with Crippen molar-refractivity contribution in [2.75, 3.05) is 0 Å². The fourth-order valence-corrected chi connectivity index (χ4v) is 2.86. The Morgan fingerprint density at radius 2 is 1.92 bits per heavy atom. The molecule has 2 nitrogen and oxygen atoms in total. The Hall–Kier alpha value is -0.0800. The summed E-state index contributed by atoms with van der Waals surface area (Å²) in [5.41, 5.74) is -0.721. The molecule has 0 aromatic rings. The second kappa shape index (κ2) is 2.05. The highest BCUT2D eigenvalue weighted by Gasteiger charge is 2.62. The van der Waals surface area contributed by atoms with Crippen molar-refractivity contribution in [2.45, 2.75) is 38.9 Å². The third-order valence-corrected chi connectivity index (χ3v) is 3.96. The van der Waals surface area contributed by atoms with E-state index in [1.807, 2.05) is 0 Å². The van der Waals surface area contributed by atoms with E-state index in [0.29, 0.717) is 5.92 Å². The average Bonchev–Trinajstić information content (AvgIpc) is 1.93. The minimum Gasteiger partial charge on any atom is -0.390 e. The molecule has 4 unspecified atom stereocenters. The van der Waals surface area contributed by atoms with Crippen LogP contribution in [0, 0.1) is 23.7 Å². The van der Waals surface area contributed by atoms with Crippen LogP contribution in [0.15, 0.2) is 0 Å². The van der Waals surface area contributed by atoms with Crippen LogP contribution in [0.3, 0.4) is 0 Å². The second-order valence-corrected chi connectivity index (χ2v) is 5.08. The third kappa shape index (κ3) is 0.775. The van der Waals surface area contributed by atoms with Gasteiger partial charge in [-0.25, -0.2) is 0 Å². The molecule has 0 heterocycles. The van der Waals surface area contributed by atoms with Gasteiger partial charge in [-0.15, -0.1) is 0 Å². The van der Waals surface area contributed by atoms with Gasteiger partial charge in [0.25, 0.3) is 0 Å². The molecule has 2 bridgehead atoms. The lowest BCUT2D eigenvalue weighted by atomic mass is 9.43. The summed E-state index contributed by atoms with van der Waals surface area (Å²) >= 11 is 0. The predicted molar refractivity (Wildman–Crippen MR) is 46.3 cm³/mol. The van der Waals surface area contributed by atoms with Crippen LogP contribution < -0.4 is 0 Å². The standard InChI is InChI=1S/C10H17O2/c1-9(2)6-4-7(9)10(3,12)8(11)5-6/h4,6-8,11-12H,5H2,1-3H3. The SMILES string of the molecule is CC1(C)C2[CH]C1C(C)(O)C(O)C2. The van der Waals surface area contributed by atoms with Crippen LogP contribution >= 0.6 is 0 Å². The number of hydrogen-bond donors (Lipinski definition) is 2. The number of hydrogen-bond acceptors (Lipinski definition) is 2. The summed E-state index contributed by atoms with van der Waals surface area (Å²) in [5.74, 6) is 0.663. The van der Waals surface area contributed by atoms with Crippen molar-refractivity contribution in [1.82, 2.24) is 0 Å². The zero-order valence-corrected chi connectivity index (χ0v) is 7.91. The molecule has 1 radical (unpaired) electrons. The molecule has 0 spiro atoms. The van der Waals surface area contributed by atoms with Gasteiger partial charge in [-0.05, 0) is 37.0 Å². The maximum Gasteiger partial charge on any atom is 0.0913 e. The molecule has 3 aliphatic rings. The minimum atomic E-state index is -0.905. The first-order valence-electron chi connectivity index (χ1n) is 4.62. The molecule has 3 aliphatic carbocycles. The van der Waals surface area contributed by atoms with Gasteiger partial charge < -0.3 is 10.2 Å².